The molecule has 0 saturated heterocycles. The number of rotatable bonds is 14. The van der Waals surface area contributed by atoms with E-state index in [0.29, 0.717) is 47.9 Å². The Hall–Kier alpha value is -5.33. The van der Waals surface area contributed by atoms with Gasteiger partial charge in [-0.15, -0.1) is 24.3 Å². The monoisotopic (exact) mass is 1280 g/mol. The predicted octanol–water partition coefficient (Wildman–Crippen LogP) is 26.5. The van der Waals surface area contributed by atoms with Crippen molar-refractivity contribution in [1.82, 2.24) is 19.9 Å². The van der Waals surface area contributed by atoms with E-state index in [0.717, 1.165) is 33.4 Å². The molecule has 2 heterocycles. The number of hydrogen-bond donors (Lipinski definition) is 0. The first kappa shape index (κ1) is 171. The van der Waals surface area contributed by atoms with Gasteiger partial charge in [0.25, 0.3) is 0 Å². The molecule has 4 aromatic carbocycles. The van der Waals surface area contributed by atoms with E-state index in [1.165, 1.54) is 12.9 Å². The van der Waals surface area contributed by atoms with E-state index >= 15 is 0 Å². The summed E-state index contributed by atoms with van der Waals surface area (Å²) in [7, 11) is 0. The summed E-state index contributed by atoms with van der Waals surface area (Å²) >= 11 is 0. The number of ether oxygens (including phenoxy) is 2. The minimum Gasteiger partial charge on any atom is -0.610 e. The quantitative estimate of drug-likeness (QED) is 0.0582. The zero-order chi connectivity index (χ0) is 43.0. The molecule has 0 aliphatic carbocycles. The molecule has 0 saturated carbocycles. The maximum atomic E-state index is 10.2. The summed E-state index contributed by atoms with van der Waals surface area (Å²) in [6.07, 6.45) is 7.00. The van der Waals surface area contributed by atoms with Gasteiger partial charge in [0.1, 0.15) is 0 Å². The van der Waals surface area contributed by atoms with E-state index in [9.17, 15) is 9.59 Å². The first-order valence-corrected chi connectivity index (χ1v) is 19.3. The van der Waals surface area contributed by atoms with Crippen molar-refractivity contribution in [2.45, 2.75) is 247 Å². The Labute approximate surface area is 556 Å². The maximum absolute atomic E-state index is 10.2. The normalized spacial score (nSPS) is 6.40. The van der Waals surface area contributed by atoms with E-state index in [4.69, 9.17) is 19.6 Å². The topological polar surface area (TPSA) is 141 Å². The molecule has 510 valence electrons. The number of benzene rings is 4. The molecule has 0 spiro atoms. The zero-order valence-corrected chi connectivity index (χ0v) is 38.7. The molecule has 0 bridgehead atoms. The van der Waals surface area contributed by atoms with E-state index in [2.05, 4.69) is 29.4 Å². The fourth-order valence-electron chi connectivity index (χ4n) is 4.35. The average Bonchev–Trinajstić information content (AvgIpc) is 3.32. The van der Waals surface area contributed by atoms with Crippen molar-refractivity contribution < 1.29 is 75.7 Å². The van der Waals surface area contributed by atoms with Gasteiger partial charge in [0, 0.05) is 84.2 Å². The predicted molar refractivity (Wildman–Crippen MR) is 390 cm³/mol. The summed E-state index contributed by atoms with van der Waals surface area (Å²) in [6, 6.07) is 28.7. The summed E-state index contributed by atoms with van der Waals surface area (Å²) in [6.45, 7) is 23.4. The Morgan fingerprint density at radius 3 is 0.643 bits per heavy atom. The van der Waals surface area contributed by atoms with Crippen molar-refractivity contribution in [1.29, 1.82) is 0 Å². The average molecular weight is 1280 g/mol. The molecule has 0 aliphatic rings. The number of hydrogen-bond acceptors (Lipinski definition) is 12. The smallest absolute Gasteiger partial charge is 0.170 e. The van der Waals surface area contributed by atoms with Crippen molar-refractivity contribution in [2.24, 2.45) is 0 Å². The summed E-state index contributed by atoms with van der Waals surface area (Å²) in [5.74, 6) is 3.31. The number of aromatic nitrogens is 4. The molecular formula is C70H150N4O8V2-2. The van der Waals surface area contributed by atoms with Crippen LogP contribution in [0.2, 0.25) is 0 Å². The molecule has 0 aliphatic heterocycles. The second-order valence-electron chi connectivity index (χ2n) is 10.0. The van der Waals surface area contributed by atoms with Crippen LogP contribution in [0.3, 0.4) is 0 Å². The molecule has 0 fully saturated rings. The van der Waals surface area contributed by atoms with Crippen molar-refractivity contribution in [3.63, 3.8) is 0 Å². The molecule has 0 amide bonds. The van der Waals surface area contributed by atoms with Crippen molar-refractivity contribution in [3.8, 4) is 68.0 Å². The maximum Gasteiger partial charge on any atom is 0.170 e. The van der Waals surface area contributed by atoms with Crippen LogP contribution >= 0.6 is 0 Å². The van der Waals surface area contributed by atoms with Gasteiger partial charge in [0.15, 0.2) is 36.1 Å². The zero-order valence-electron chi connectivity index (χ0n) is 35.9. The van der Waals surface area contributed by atoms with Gasteiger partial charge in [0.2, 0.25) is 0 Å². The van der Waals surface area contributed by atoms with E-state index < -0.39 is 0 Å². The largest absolute Gasteiger partial charge is 0.610 e. The van der Waals surface area contributed by atoms with Crippen molar-refractivity contribution >= 4 is 12.9 Å². The Morgan fingerprint density at radius 1 is 0.286 bits per heavy atom. The molecule has 0 N–H and O–H groups in total. The third-order valence-electron chi connectivity index (χ3n) is 6.77. The van der Waals surface area contributed by atoms with Crippen LogP contribution in [0.25, 0.3) is 45.0 Å². The van der Waals surface area contributed by atoms with Gasteiger partial charge in [0.05, 0.1) is 13.2 Å². The van der Waals surface area contributed by atoms with Crippen LogP contribution in [0.1, 0.15) is 247 Å². The Bertz CT molecular complexity index is 1800. The van der Waals surface area contributed by atoms with Crippen LogP contribution in [-0.4, -0.2) is 46.1 Å². The fraction of sp³-hybridized carbons (Fsp3) is 0.514. The van der Waals surface area contributed by atoms with Gasteiger partial charge < -0.3 is 28.8 Å². The summed E-state index contributed by atoms with van der Waals surface area (Å²) in [5.41, 5.74) is 5.35. The van der Waals surface area contributed by atoms with Gasteiger partial charge in [-0.2, -0.15) is 9.78 Å². The molecule has 6 aromatic rings. The molecule has 2 radical (unpaired) electrons. The third kappa shape index (κ3) is 61.2. The second-order valence-corrected chi connectivity index (χ2v) is 10.0. The molecule has 12 nitrogen and oxygen atoms in total. The minimum atomic E-state index is 0. The summed E-state index contributed by atoms with van der Waals surface area (Å²) in [4.78, 5) is 57.9. The third-order valence-corrected chi connectivity index (χ3v) is 6.77. The van der Waals surface area contributed by atoms with Crippen LogP contribution < -0.4 is 19.2 Å². The molecule has 84 heavy (non-hydrogen) atoms. The molecule has 14 heteroatoms. The SMILES string of the molecule is C.C.C.C.C.C.C.C.C.C.C.C.C.C.C.C.C.C.C.C.C.C.C.C.CC.CC.CC.CC.CCOOc1ccc(-c2cnc(-c3ccc(O[C-]=O)cc3)nc2)cc1.CCOOc1ccc(-c2ncc(-c3ccc(O[C-]=O)cc3)cn2)cc1.[V].[V]. The van der Waals surface area contributed by atoms with Gasteiger partial charge in [-0.3, -0.25) is 0 Å². The summed E-state index contributed by atoms with van der Waals surface area (Å²) < 4.78 is 9.29. The van der Waals surface area contributed by atoms with Gasteiger partial charge in [-0.1, -0.05) is 270 Å². The van der Waals surface area contributed by atoms with Crippen molar-refractivity contribution in [2.75, 3.05) is 13.2 Å². The van der Waals surface area contributed by atoms with Gasteiger partial charge >= 0.3 is 0 Å². The standard InChI is InChI=1S/2C19H15N2O4.4C2H6.24CH4.2V/c1-2-24-25-18-9-3-14(4-10-18)16-11-20-19(21-12-16)15-5-7-17(8-6-15)23-13-22;1-2-24-25-18-9-5-15(6-10-18)19-20-11-16(12-21-19)14-3-7-17(8-4-14)23-13-22;4*1-2;;;;;;;;;;;;;;;;;;;;;;;;;;/h2*3-12H,2H2,1H3;4*1-2H3;24*1H4;;/q2*-1;;;;;;;;;;;;;;;;;;;;;;;;;;;;;;. The van der Waals surface area contributed by atoms with E-state index in [1.54, 1.807) is 73.3 Å². The Kier molecular flexibility index (Phi) is 222. The fourth-order valence-corrected chi connectivity index (χ4v) is 4.35. The Balaban J connectivity index is -0.0000000233. The van der Waals surface area contributed by atoms with Crippen LogP contribution in [0.5, 0.6) is 23.0 Å². The molecule has 2 aromatic heterocycles. The molecular weight excluding hydrogens is 1130 g/mol. The van der Waals surface area contributed by atoms with Gasteiger partial charge in [-0.05, 0) is 72.9 Å². The van der Waals surface area contributed by atoms with Crippen LogP contribution in [0, 0.1) is 0 Å². The van der Waals surface area contributed by atoms with Crippen LogP contribution in [-0.2, 0) is 56.5 Å². The number of carbonyl (C=O) groups excluding carboxylic acids is 2. The van der Waals surface area contributed by atoms with E-state index in [1.807, 2.05) is 118 Å². The van der Waals surface area contributed by atoms with E-state index in [-0.39, 0.29) is 215 Å². The second kappa shape index (κ2) is 109. The van der Waals surface area contributed by atoms with Crippen LogP contribution in [0.15, 0.2) is 122 Å². The van der Waals surface area contributed by atoms with Crippen LogP contribution in [0.4, 0.5) is 0 Å². The number of nitrogens with zero attached hydrogens (tertiary/aromatic N) is 4. The molecule has 6 rings (SSSR count). The van der Waals surface area contributed by atoms with Gasteiger partial charge in [-0.25, -0.2) is 19.9 Å². The van der Waals surface area contributed by atoms with Crippen molar-refractivity contribution in [3.05, 3.63) is 122 Å². The first-order chi connectivity index (χ1) is 28.6. The first-order valence-electron chi connectivity index (χ1n) is 19.3. The Morgan fingerprint density at radius 2 is 0.464 bits per heavy atom. The summed E-state index contributed by atoms with van der Waals surface area (Å²) in [5, 5.41) is 0. The minimum absolute atomic E-state index is 0. The molecule has 0 unspecified atom stereocenters. The molecule has 0 atom stereocenters.